The Bertz CT molecular complexity index is 755. The Labute approximate surface area is 160 Å². The van der Waals surface area contributed by atoms with Gasteiger partial charge in [-0.3, -0.25) is 4.90 Å². The number of aromatic nitrogens is 2. The molecule has 1 atom stereocenters. The Kier molecular flexibility index (Phi) is 6.74. The predicted octanol–water partition coefficient (Wildman–Crippen LogP) is 2.95. The van der Waals surface area contributed by atoms with Crippen molar-refractivity contribution in [2.24, 2.45) is 0 Å². The first-order valence-corrected chi connectivity index (χ1v) is 9.78. The second-order valence-electron chi connectivity index (χ2n) is 7.19. The van der Waals surface area contributed by atoms with Crippen molar-refractivity contribution in [3.63, 3.8) is 0 Å². The van der Waals surface area contributed by atoms with Gasteiger partial charge in [0.25, 0.3) is 0 Å². The molecule has 27 heavy (non-hydrogen) atoms. The largest absolute Gasteiger partial charge is 0.396 e. The molecule has 1 N–H and O–H groups in total. The SMILES string of the molecule is CCCc1cnc(C)nc1N1CCN(Cc2ccccc2F)[C@H](CCO)C1. The lowest BCUT2D eigenvalue weighted by Crippen LogP contribution is -2.53. The van der Waals surface area contributed by atoms with Crippen LogP contribution in [0.15, 0.2) is 30.5 Å². The molecule has 1 fully saturated rings. The molecule has 2 aromatic rings. The zero-order chi connectivity index (χ0) is 19.2. The van der Waals surface area contributed by atoms with Gasteiger partial charge in [0.2, 0.25) is 0 Å². The number of rotatable bonds is 7. The van der Waals surface area contributed by atoms with Crippen molar-refractivity contribution in [1.82, 2.24) is 14.9 Å². The summed E-state index contributed by atoms with van der Waals surface area (Å²) in [7, 11) is 0. The molecule has 0 aliphatic carbocycles. The maximum Gasteiger partial charge on any atom is 0.135 e. The molecule has 1 aliphatic rings. The molecule has 146 valence electrons. The van der Waals surface area contributed by atoms with E-state index in [1.165, 1.54) is 11.6 Å². The van der Waals surface area contributed by atoms with E-state index in [1.807, 2.05) is 25.3 Å². The number of anilines is 1. The zero-order valence-corrected chi connectivity index (χ0v) is 16.2. The minimum Gasteiger partial charge on any atom is -0.396 e. The fourth-order valence-corrected chi connectivity index (χ4v) is 3.76. The first kappa shape index (κ1) is 19.7. The Morgan fingerprint density at radius 2 is 2.04 bits per heavy atom. The molecule has 1 saturated heterocycles. The fraction of sp³-hybridized carbons (Fsp3) is 0.524. The quantitative estimate of drug-likeness (QED) is 0.810. The van der Waals surface area contributed by atoms with Gasteiger partial charge in [0.05, 0.1) is 0 Å². The van der Waals surface area contributed by atoms with Crippen molar-refractivity contribution < 1.29 is 9.50 Å². The molecule has 0 amide bonds. The van der Waals surface area contributed by atoms with E-state index < -0.39 is 0 Å². The van der Waals surface area contributed by atoms with E-state index >= 15 is 0 Å². The Morgan fingerprint density at radius 3 is 2.78 bits per heavy atom. The smallest absolute Gasteiger partial charge is 0.135 e. The van der Waals surface area contributed by atoms with Crippen LogP contribution in [0.4, 0.5) is 10.2 Å². The van der Waals surface area contributed by atoms with E-state index in [9.17, 15) is 9.50 Å². The molecular weight excluding hydrogens is 343 g/mol. The fourth-order valence-electron chi connectivity index (χ4n) is 3.76. The lowest BCUT2D eigenvalue weighted by molar-refractivity contribution is 0.134. The number of hydrogen-bond donors (Lipinski definition) is 1. The van der Waals surface area contributed by atoms with Crippen LogP contribution in [-0.2, 0) is 13.0 Å². The topological polar surface area (TPSA) is 52.5 Å². The molecule has 6 heteroatoms. The van der Waals surface area contributed by atoms with Crippen LogP contribution in [0.25, 0.3) is 0 Å². The van der Waals surface area contributed by atoms with Gasteiger partial charge in [-0.15, -0.1) is 0 Å². The molecule has 5 nitrogen and oxygen atoms in total. The van der Waals surface area contributed by atoms with E-state index in [-0.39, 0.29) is 18.5 Å². The lowest BCUT2D eigenvalue weighted by Gasteiger charge is -2.42. The van der Waals surface area contributed by atoms with Crippen LogP contribution in [0.3, 0.4) is 0 Å². The van der Waals surface area contributed by atoms with Gasteiger partial charge < -0.3 is 10.0 Å². The number of hydrogen-bond acceptors (Lipinski definition) is 5. The van der Waals surface area contributed by atoms with Crippen LogP contribution in [0, 0.1) is 12.7 Å². The number of aryl methyl sites for hydroxylation is 2. The minimum atomic E-state index is -0.167. The number of benzene rings is 1. The molecule has 0 spiro atoms. The molecule has 1 aliphatic heterocycles. The number of halogens is 1. The second-order valence-corrected chi connectivity index (χ2v) is 7.19. The van der Waals surface area contributed by atoms with Crippen LogP contribution >= 0.6 is 0 Å². The summed E-state index contributed by atoms with van der Waals surface area (Å²) in [6, 6.07) is 7.09. The van der Waals surface area contributed by atoms with Gasteiger partial charge in [0.1, 0.15) is 17.5 Å². The highest BCUT2D eigenvalue weighted by atomic mass is 19.1. The molecule has 1 aromatic carbocycles. The van der Waals surface area contributed by atoms with E-state index in [0.29, 0.717) is 18.5 Å². The molecule has 0 bridgehead atoms. The van der Waals surface area contributed by atoms with Gasteiger partial charge in [0, 0.05) is 56.2 Å². The Hall–Kier alpha value is -2.05. The number of aliphatic hydroxyl groups excluding tert-OH is 1. The van der Waals surface area contributed by atoms with Crippen molar-refractivity contribution in [2.45, 2.75) is 45.7 Å². The maximum atomic E-state index is 14.1. The number of aliphatic hydroxyl groups is 1. The summed E-state index contributed by atoms with van der Waals surface area (Å²) < 4.78 is 14.1. The highest BCUT2D eigenvalue weighted by molar-refractivity contribution is 5.47. The van der Waals surface area contributed by atoms with Gasteiger partial charge in [-0.05, 0) is 25.8 Å². The summed E-state index contributed by atoms with van der Waals surface area (Å²) in [6.45, 7) is 7.19. The average Bonchev–Trinajstić information content (AvgIpc) is 2.67. The third-order valence-corrected chi connectivity index (χ3v) is 5.18. The van der Waals surface area contributed by atoms with Gasteiger partial charge in [-0.25, -0.2) is 14.4 Å². The molecule has 0 radical (unpaired) electrons. The summed E-state index contributed by atoms with van der Waals surface area (Å²) in [5.41, 5.74) is 1.88. The van der Waals surface area contributed by atoms with Crippen molar-refractivity contribution >= 4 is 5.82 Å². The summed E-state index contributed by atoms with van der Waals surface area (Å²) in [6.07, 6.45) is 4.61. The molecule has 1 aromatic heterocycles. The monoisotopic (exact) mass is 372 g/mol. The summed E-state index contributed by atoms with van der Waals surface area (Å²) in [5, 5.41) is 9.55. The van der Waals surface area contributed by atoms with Crippen LogP contribution in [-0.4, -0.2) is 52.3 Å². The molecule has 0 saturated carbocycles. The second kappa shape index (κ2) is 9.24. The minimum absolute atomic E-state index is 0.122. The summed E-state index contributed by atoms with van der Waals surface area (Å²) >= 11 is 0. The van der Waals surface area contributed by atoms with Gasteiger partial charge >= 0.3 is 0 Å². The van der Waals surface area contributed by atoms with E-state index in [1.54, 1.807) is 6.07 Å². The predicted molar refractivity (Wildman–Crippen MR) is 105 cm³/mol. The van der Waals surface area contributed by atoms with E-state index in [0.717, 1.165) is 44.1 Å². The maximum absolute atomic E-state index is 14.1. The number of piperazine rings is 1. The van der Waals surface area contributed by atoms with Crippen LogP contribution < -0.4 is 4.90 Å². The van der Waals surface area contributed by atoms with Gasteiger partial charge in [-0.2, -0.15) is 0 Å². The lowest BCUT2D eigenvalue weighted by atomic mass is 10.1. The van der Waals surface area contributed by atoms with Crippen LogP contribution in [0.2, 0.25) is 0 Å². The summed E-state index contributed by atoms with van der Waals surface area (Å²) in [5.74, 6) is 1.62. The standard InChI is InChI=1S/C21H29FN4O/c1-3-6-17-13-23-16(2)24-21(17)26-11-10-25(19(15-26)9-12-27)14-18-7-4-5-8-20(18)22/h4-5,7-8,13,19,27H,3,6,9-12,14-15H2,1-2H3/t19-/m1/s1. The molecule has 2 heterocycles. The van der Waals surface area contributed by atoms with E-state index in [4.69, 9.17) is 4.98 Å². The summed E-state index contributed by atoms with van der Waals surface area (Å²) in [4.78, 5) is 13.6. The molecule has 0 unspecified atom stereocenters. The van der Waals surface area contributed by atoms with Crippen molar-refractivity contribution in [2.75, 3.05) is 31.1 Å². The first-order chi connectivity index (χ1) is 13.1. The third kappa shape index (κ3) is 4.82. The molecule has 3 rings (SSSR count). The Balaban J connectivity index is 1.78. The Morgan fingerprint density at radius 1 is 1.22 bits per heavy atom. The molecular formula is C21H29FN4O. The van der Waals surface area contributed by atoms with Crippen LogP contribution in [0.1, 0.15) is 36.7 Å². The highest BCUT2D eigenvalue weighted by Gasteiger charge is 2.29. The third-order valence-electron chi connectivity index (χ3n) is 5.18. The highest BCUT2D eigenvalue weighted by Crippen LogP contribution is 2.25. The van der Waals surface area contributed by atoms with Gasteiger partial charge in [0.15, 0.2) is 0 Å². The first-order valence-electron chi connectivity index (χ1n) is 9.78. The van der Waals surface area contributed by atoms with Crippen molar-refractivity contribution in [3.05, 3.63) is 53.2 Å². The van der Waals surface area contributed by atoms with Gasteiger partial charge in [-0.1, -0.05) is 31.5 Å². The van der Waals surface area contributed by atoms with Crippen LogP contribution in [0.5, 0.6) is 0 Å². The van der Waals surface area contributed by atoms with Crippen molar-refractivity contribution in [3.8, 4) is 0 Å². The zero-order valence-electron chi connectivity index (χ0n) is 16.2. The normalized spacial score (nSPS) is 18.1. The van der Waals surface area contributed by atoms with E-state index in [2.05, 4.69) is 21.7 Å². The number of nitrogens with zero attached hydrogens (tertiary/aromatic N) is 4. The van der Waals surface area contributed by atoms with Crippen molar-refractivity contribution in [1.29, 1.82) is 0 Å². The average molecular weight is 372 g/mol.